The van der Waals surface area contributed by atoms with Gasteiger partial charge < -0.3 is 0 Å². The summed E-state index contributed by atoms with van der Waals surface area (Å²) in [5.74, 6) is 0. The van der Waals surface area contributed by atoms with Crippen molar-refractivity contribution in [3.05, 3.63) is 39.7 Å². The van der Waals surface area contributed by atoms with E-state index in [1.54, 1.807) is 15.6 Å². The van der Waals surface area contributed by atoms with Gasteiger partial charge in [0, 0.05) is 41.6 Å². The smallest absolute Gasteiger partial charge is 0.211 e. The maximum atomic E-state index is 11.7. The van der Waals surface area contributed by atoms with Crippen molar-refractivity contribution < 1.29 is 8.42 Å². The lowest BCUT2D eigenvalue weighted by molar-refractivity contribution is 0.138. The number of rotatable bonds is 4. The Labute approximate surface area is 151 Å². The van der Waals surface area contributed by atoms with E-state index >= 15 is 0 Å². The third-order valence-corrected chi connectivity index (χ3v) is 6.69. The van der Waals surface area contributed by atoms with Crippen molar-refractivity contribution in [2.75, 3.05) is 25.9 Å². The van der Waals surface area contributed by atoms with Gasteiger partial charge in [0.05, 0.1) is 18.5 Å². The first-order chi connectivity index (χ1) is 11.3. The Kier molecular flexibility index (Phi) is 5.27. The summed E-state index contributed by atoms with van der Waals surface area (Å²) in [5.41, 5.74) is 1.83. The minimum atomic E-state index is -3.13. The van der Waals surface area contributed by atoms with Crippen molar-refractivity contribution in [1.29, 1.82) is 0 Å². The molecule has 8 heteroatoms. The minimum Gasteiger partial charge on any atom is -0.294 e. The van der Waals surface area contributed by atoms with Crippen LogP contribution >= 0.6 is 22.9 Å². The molecule has 3 rings (SSSR count). The number of hydrogen-bond acceptors (Lipinski definition) is 5. The van der Waals surface area contributed by atoms with Crippen molar-refractivity contribution >= 4 is 33.0 Å². The van der Waals surface area contributed by atoms with Gasteiger partial charge in [-0.1, -0.05) is 29.8 Å². The number of sulfonamides is 1. The zero-order valence-electron chi connectivity index (χ0n) is 13.6. The Hall–Kier alpha value is -0.990. The van der Waals surface area contributed by atoms with Crippen LogP contribution in [0.25, 0.3) is 11.3 Å². The molecule has 0 bridgehead atoms. The Morgan fingerprint density at radius 1 is 1.33 bits per heavy atom. The lowest BCUT2D eigenvalue weighted by atomic mass is 10.2. The van der Waals surface area contributed by atoms with Crippen LogP contribution in [0.1, 0.15) is 11.9 Å². The van der Waals surface area contributed by atoms with Crippen molar-refractivity contribution in [3.63, 3.8) is 0 Å². The van der Waals surface area contributed by atoms with E-state index in [1.165, 1.54) is 6.26 Å². The molecular formula is C16H20ClN3O2S2. The van der Waals surface area contributed by atoms with E-state index in [2.05, 4.69) is 9.88 Å². The number of halogens is 1. The van der Waals surface area contributed by atoms with Gasteiger partial charge in [0.1, 0.15) is 5.01 Å². The molecule has 24 heavy (non-hydrogen) atoms. The lowest BCUT2D eigenvalue weighted by Gasteiger charge is -2.37. The second kappa shape index (κ2) is 7.09. The van der Waals surface area contributed by atoms with E-state index in [0.717, 1.165) is 29.4 Å². The Balaban J connectivity index is 1.67. The van der Waals surface area contributed by atoms with Crippen LogP contribution in [-0.4, -0.2) is 54.5 Å². The Morgan fingerprint density at radius 3 is 2.75 bits per heavy atom. The van der Waals surface area contributed by atoms with E-state index in [-0.39, 0.29) is 6.04 Å². The van der Waals surface area contributed by atoms with Gasteiger partial charge in [-0.25, -0.2) is 13.4 Å². The summed E-state index contributed by atoms with van der Waals surface area (Å²) in [7, 11) is -3.13. The second-order valence-electron chi connectivity index (χ2n) is 6.06. The summed E-state index contributed by atoms with van der Waals surface area (Å²) in [5, 5.41) is 3.74. The quantitative estimate of drug-likeness (QED) is 0.812. The van der Waals surface area contributed by atoms with Gasteiger partial charge in [-0.05, 0) is 13.0 Å². The molecule has 2 heterocycles. The summed E-state index contributed by atoms with van der Waals surface area (Å²) < 4.78 is 25.0. The van der Waals surface area contributed by atoms with E-state index in [0.29, 0.717) is 18.1 Å². The van der Waals surface area contributed by atoms with Gasteiger partial charge >= 0.3 is 0 Å². The van der Waals surface area contributed by atoms with Crippen LogP contribution in [0.5, 0.6) is 0 Å². The first-order valence-electron chi connectivity index (χ1n) is 7.73. The first-order valence-corrected chi connectivity index (χ1v) is 10.8. The highest BCUT2D eigenvalue weighted by molar-refractivity contribution is 7.88. The van der Waals surface area contributed by atoms with Crippen LogP contribution in [0.4, 0.5) is 0 Å². The highest BCUT2D eigenvalue weighted by Crippen LogP contribution is 2.29. The molecule has 130 valence electrons. The zero-order chi connectivity index (χ0) is 17.3. The first kappa shape index (κ1) is 17.8. The molecule has 1 aliphatic heterocycles. The Morgan fingerprint density at radius 2 is 2.08 bits per heavy atom. The van der Waals surface area contributed by atoms with Gasteiger partial charge in [-0.3, -0.25) is 4.90 Å². The summed E-state index contributed by atoms with van der Waals surface area (Å²) in [6.07, 6.45) is 1.27. The molecule has 1 saturated heterocycles. The molecule has 0 N–H and O–H groups in total. The fraction of sp³-hybridized carbons (Fsp3) is 0.438. The topological polar surface area (TPSA) is 53.5 Å². The molecule has 0 unspecified atom stereocenters. The highest BCUT2D eigenvalue weighted by Gasteiger charge is 2.30. The molecule has 1 aliphatic rings. The van der Waals surface area contributed by atoms with Crippen molar-refractivity contribution in [3.8, 4) is 11.3 Å². The third-order valence-electron chi connectivity index (χ3n) is 4.14. The van der Waals surface area contributed by atoms with Crippen LogP contribution in [0, 0.1) is 0 Å². The van der Waals surface area contributed by atoms with Crippen molar-refractivity contribution in [2.45, 2.75) is 19.5 Å². The van der Waals surface area contributed by atoms with E-state index in [4.69, 9.17) is 11.6 Å². The zero-order valence-corrected chi connectivity index (χ0v) is 16.0. The number of aromatic nitrogens is 1. The normalized spacial score (nSPS) is 20.4. The largest absolute Gasteiger partial charge is 0.294 e. The maximum absolute atomic E-state index is 11.7. The predicted octanol–water partition coefficient (Wildman–Crippen LogP) is 2.93. The molecule has 0 saturated carbocycles. The molecule has 0 amide bonds. The van der Waals surface area contributed by atoms with Gasteiger partial charge in [0.25, 0.3) is 0 Å². The lowest BCUT2D eigenvalue weighted by Crippen LogP contribution is -2.53. The SMILES string of the molecule is C[C@H]1CN(Cc2nc(-c3ccccc3Cl)cs2)CCN1S(C)(=O)=O. The average molecular weight is 386 g/mol. The summed E-state index contributed by atoms with van der Waals surface area (Å²) >= 11 is 7.84. The number of hydrogen-bond donors (Lipinski definition) is 0. The molecular weight excluding hydrogens is 366 g/mol. The summed E-state index contributed by atoms with van der Waals surface area (Å²) in [6.45, 7) is 4.65. The highest BCUT2D eigenvalue weighted by atomic mass is 35.5. The molecule has 1 aromatic carbocycles. The Bertz CT molecular complexity index is 822. The molecule has 1 atom stereocenters. The van der Waals surface area contributed by atoms with Crippen LogP contribution in [0.15, 0.2) is 29.6 Å². The summed E-state index contributed by atoms with van der Waals surface area (Å²) in [4.78, 5) is 6.94. The number of piperazine rings is 1. The van der Waals surface area contributed by atoms with Crippen molar-refractivity contribution in [2.24, 2.45) is 0 Å². The molecule has 2 aromatic rings. The second-order valence-corrected chi connectivity index (χ2v) is 9.35. The summed E-state index contributed by atoms with van der Waals surface area (Å²) in [6, 6.07) is 7.67. The fourth-order valence-corrected chi connectivity index (χ4v) is 5.22. The van der Waals surface area contributed by atoms with Crippen LogP contribution < -0.4 is 0 Å². The van der Waals surface area contributed by atoms with Crippen LogP contribution in [0.3, 0.4) is 0 Å². The molecule has 0 spiro atoms. The molecule has 1 aromatic heterocycles. The fourth-order valence-electron chi connectivity index (χ4n) is 3.02. The van der Waals surface area contributed by atoms with Crippen LogP contribution in [-0.2, 0) is 16.6 Å². The maximum Gasteiger partial charge on any atom is 0.211 e. The molecule has 0 radical (unpaired) electrons. The van der Waals surface area contributed by atoms with E-state index < -0.39 is 10.0 Å². The van der Waals surface area contributed by atoms with E-state index in [9.17, 15) is 8.42 Å². The van der Waals surface area contributed by atoms with Crippen LogP contribution in [0.2, 0.25) is 5.02 Å². The average Bonchev–Trinajstić information content (AvgIpc) is 2.94. The minimum absolute atomic E-state index is 0.0169. The predicted molar refractivity (Wildman–Crippen MR) is 98.8 cm³/mol. The number of thiazole rings is 1. The van der Waals surface area contributed by atoms with Crippen molar-refractivity contribution in [1.82, 2.24) is 14.2 Å². The monoisotopic (exact) mass is 385 g/mol. The van der Waals surface area contributed by atoms with Gasteiger partial charge in [0.15, 0.2) is 0 Å². The molecule has 0 aliphatic carbocycles. The standard InChI is InChI=1S/C16H20ClN3O2S2/c1-12-9-19(7-8-20(12)24(2,21)22)10-16-18-15(11-23-16)13-5-3-4-6-14(13)17/h3-6,11-12H,7-10H2,1-2H3/t12-/m0/s1. The molecule has 1 fully saturated rings. The number of nitrogens with zero attached hydrogens (tertiary/aromatic N) is 3. The third kappa shape index (κ3) is 3.97. The van der Waals surface area contributed by atoms with Gasteiger partial charge in [-0.15, -0.1) is 11.3 Å². The molecule has 5 nitrogen and oxygen atoms in total. The number of benzene rings is 1. The van der Waals surface area contributed by atoms with Gasteiger partial charge in [0.2, 0.25) is 10.0 Å². The van der Waals surface area contributed by atoms with Gasteiger partial charge in [-0.2, -0.15) is 4.31 Å². The van der Waals surface area contributed by atoms with E-state index in [1.807, 2.05) is 36.6 Å².